The molecular weight excluding hydrogens is 366 g/mol. The minimum absolute atomic E-state index is 0. The molecule has 2 radical (unpaired) electrons. The minimum atomic E-state index is 0. The molecule has 0 heterocycles. The summed E-state index contributed by atoms with van der Waals surface area (Å²) in [4.78, 5) is 2.50. The Balaban J connectivity index is -0.0000000233. The van der Waals surface area contributed by atoms with Gasteiger partial charge in [-0.2, -0.15) is 0 Å². The van der Waals surface area contributed by atoms with Crippen molar-refractivity contribution < 1.29 is 71.2 Å². The van der Waals surface area contributed by atoms with Gasteiger partial charge in [0.2, 0.25) is 0 Å². The van der Waals surface area contributed by atoms with Gasteiger partial charge >= 0.3 is 0 Å². The summed E-state index contributed by atoms with van der Waals surface area (Å²) in [7, 11) is 2.78. The van der Waals surface area contributed by atoms with E-state index in [0.29, 0.717) is 5.71 Å². The molecule has 46 valence electrons. The van der Waals surface area contributed by atoms with Crippen LogP contribution in [-0.4, -0.2) is 5.71 Å². The third-order valence-electron chi connectivity index (χ3n) is 0. The normalized spacial score (nSPS) is 3.56. The number of nitrogens with one attached hydrogen (secondary N) is 1. The van der Waals surface area contributed by atoms with Crippen LogP contribution in [0.3, 0.4) is 0 Å². The molecule has 1 N–H and O–H groups in total. The average Bonchev–Trinajstić information content (AvgIpc) is 1.33. The molecule has 0 unspecified atom stereocenters. The van der Waals surface area contributed by atoms with Crippen LogP contribution in [0.5, 0.6) is 0 Å². The molecule has 0 aliphatic heterocycles. The van der Waals surface area contributed by atoms with Crippen LogP contribution in [-0.2, 0) is 0 Å². The fourth-order valence-corrected chi connectivity index (χ4v) is 0. The fourth-order valence-electron chi connectivity index (χ4n) is 0. The summed E-state index contributed by atoms with van der Waals surface area (Å²) in [6.07, 6.45) is 0. The largest absolute Gasteiger partial charge is 0.464 e. The van der Waals surface area contributed by atoms with E-state index in [0.717, 1.165) is 0 Å². The van der Waals surface area contributed by atoms with E-state index in [-0.39, 0.29) is 71.2 Å². The Kier molecular flexibility index (Phi) is 56.9. The smallest absolute Gasteiger partial charge is 0 e. The van der Waals surface area contributed by atoms with Crippen molar-refractivity contribution >= 4 is 5.71 Å². The Hall–Kier alpha value is 1.29. The van der Waals surface area contributed by atoms with Crippen molar-refractivity contribution in [2.75, 3.05) is 0 Å². The monoisotopic (exact) mass is 374 g/mol. The molecule has 0 aromatic rings. The van der Waals surface area contributed by atoms with Crippen molar-refractivity contribution in [1.82, 2.24) is 0 Å². The maximum absolute atomic E-state index is 6.39. The minimum Gasteiger partial charge on any atom is -0.464 e. The van der Waals surface area contributed by atoms with Crippen LogP contribution in [0, 0.1) is 97.2 Å². The Morgan fingerprint density at radius 1 is 1.56 bits per heavy atom. The van der Waals surface area contributed by atoms with Gasteiger partial charge in [0.25, 0.3) is 0 Å². The van der Waals surface area contributed by atoms with Gasteiger partial charge in [-0.3, -0.25) is 6.57 Å². The molecule has 0 spiro atoms. The van der Waals surface area contributed by atoms with Crippen molar-refractivity contribution in [1.29, 1.82) is 5.41 Å². The second-order valence-corrected chi connectivity index (χ2v) is 0.938. The van der Waals surface area contributed by atoms with E-state index in [4.69, 9.17) is 12.0 Å². The summed E-state index contributed by atoms with van der Waals surface area (Å²) in [6, 6.07) is 0. The zero-order valence-corrected chi connectivity index (χ0v) is 12.8. The number of nitrogens with zero attached hydrogens (tertiary/aromatic N) is 1. The van der Waals surface area contributed by atoms with Gasteiger partial charge in [-0.15, -0.1) is 5.71 Å². The molecule has 0 amide bonds. The van der Waals surface area contributed by atoms with E-state index in [9.17, 15) is 0 Å². The first kappa shape index (κ1) is 22.4. The van der Waals surface area contributed by atoms with Gasteiger partial charge < -0.3 is 17.2 Å². The maximum Gasteiger partial charge on any atom is 0 e. The molecule has 0 aromatic carbocycles. The third kappa shape index (κ3) is 297. The average molecular weight is 374 g/mol. The van der Waals surface area contributed by atoms with Crippen molar-refractivity contribution in [3.8, 4) is 0 Å². The number of hydrogen-bond acceptors (Lipinski definition) is 1. The molecule has 0 aromatic heterocycles. The quantitative estimate of drug-likeness (QED) is 0.493. The summed E-state index contributed by atoms with van der Waals surface area (Å²) in [5, 5.41) is 6.39. The molecule has 9 heavy (non-hydrogen) atoms. The van der Waals surface area contributed by atoms with Gasteiger partial charge in [0, 0.05) is 71.2 Å². The van der Waals surface area contributed by atoms with Gasteiger partial charge in [0.1, 0.15) is 0 Å². The van der Waals surface area contributed by atoms with E-state index in [1.807, 2.05) is 0 Å². The molecule has 0 bridgehead atoms. The summed E-state index contributed by atoms with van der Waals surface area (Å²) >= 11 is 0. The molecule has 0 rings (SSSR count). The van der Waals surface area contributed by atoms with Crippen molar-refractivity contribution in [2.24, 2.45) is 0 Å². The summed E-state index contributed by atoms with van der Waals surface area (Å²) in [5.74, 6) is 0. The maximum atomic E-state index is 6.39. The number of rotatable bonds is 0. The Morgan fingerprint density at radius 3 is 1.56 bits per heavy atom. The van der Waals surface area contributed by atoms with Crippen molar-refractivity contribution in [2.45, 2.75) is 6.92 Å². The van der Waals surface area contributed by atoms with Crippen LogP contribution in [0.1, 0.15) is 6.92 Å². The second-order valence-electron chi connectivity index (χ2n) is 0.938. The molecule has 4 heteroatoms. The first-order valence-electron chi connectivity index (χ1n) is 1.64. The van der Waals surface area contributed by atoms with E-state index >= 15 is 0 Å². The Labute approximate surface area is 113 Å². The molecular formula is C5H8La2N2-2. The van der Waals surface area contributed by atoms with Crippen LogP contribution in [0.15, 0.2) is 0 Å². The topological polar surface area (TPSA) is 28.2 Å². The standard InChI is InChI=1S/C3H6N.C2H2N.2La/c1-3(2)4;1-3-2;;/h4H,1H2,2H3;1H2;;/q2*-1;;. The predicted molar refractivity (Wildman–Crippen MR) is 30.7 cm³/mol. The fraction of sp³-hybridized carbons (Fsp3) is 0.200. The molecule has 0 saturated heterocycles. The van der Waals surface area contributed by atoms with Crippen LogP contribution < -0.4 is 0 Å². The molecule has 0 aliphatic rings. The molecule has 0 atom stereocenters. The zero-order valence-electron chi connectivity index (χ0n) is 5.52. The first-order chi connectivity index (χ1) is 3.15. The van der Waals surface area contributed by atoms with Gasteiger partial charge in [0.05, 0.1) is 0 Å². The van der Waals surface area contributed by atoms with Gasteiger partial charge in [-0.25, -0.2) is 0 Å². The van der Waals surface area contributed by atoms with Crippen molar-refractivity contribution in [3.63, 3.8) is 0 Å². The van der Waals surface area contributed by atoms with E-state index in [1.165, 1.54) is 0 Å². The van der Waals surface area contributed by atoms with Crippen LogP contribution in [0.25, 0.3) is 4.85 Å². The first-order valence-corrected chi connectivity index (χ1v) is 1.64. The molecule has 0 aliphatic carbocycles. The molecule has 0 fully saturated rings. The zero-order chi connectivity index (χ0) is 6.28. The van der Waals surface area contributed by atoms with E-state index < -0.39 is 0 Å². The summed E-state index contributed by atoms with van der Waals surface area (Å²) in [5.41, 5.74) is 0.417. The van der Waals surface area contributed by atoms with Crippen LogP contribution in [0.2, 0.25) is 0 Å². The molecule has 2 nitrogen and oxygen atoms in total. The number of hydrogen-bond donors (Lipinski definition) is 1. The van der Waals surface area contributed by atoms with Crippen molar-refractivity contribution in [3.05, 3.63) is 25.4 Å². The van der Waals surface area contributed by atoms with Gasteiger partial charge in [-0.1, -0.05) is 14.0 Å². The van der Waals surface area contributed by atoms with E-state index in [2.05, 4.69) is 18.8 Å². The Bertz CT molecular complexity index is 81.4. The second kappa shape index (κ2) is 22.8. The van der Waals surface area contributed by atoms with Crippen LogP contribution >= 0.6 is 0 Å². The predicted octanol–water partition coefficient (Wildman–Crippen LogP) is 1.56. The summed E-state index contributed by atoms with van der Waals surface area (Å²) < 4.78 is 0. The van der Waals surface area contributed by atoms with Gasteiger partial charge in [0.15, 0.2) is 0 Å². The Morgan fingerprint density at radius 2 is 1.56 bits per heavy atom. The summed E-state index contributed by atoms with van der Waals surface area (Å²) in [6.45, 7) is 10.6. The van der Waals surface area contributed by atoms with Crippen LogP contribution in [0.4, 0.5) is 0 Å². The van der Waals surface area contributed by atoms with E-state index in [1.54, 1.807) is 6.92 Å². The third-order valence-corrected chi connectivity index (χ3v) is 0. The SMILES string of the molecule is [C-]#[N+][CH2-].[CH2-]C(C)=N.[La].[La]. The van der Waals surface area contributed by atoms with Gasteiger partial charge in [-0.05, 0) is 0 Å². The molecule has 0 saturated carbocycles.